The van der Waals surface area contributed by atoms with Crippen molar-refractivity contribution in [1.29, 1.82) is 0 Å². The zero-order valence-corrected chi connectivity index (χ0v) is 11.7. The quantitative estimate of drug-likeness (QED) is 0.225. The Kier molecular flexibility index (Phi) is 6.80. The van der Waals surface area contributed by atoms with Crippen molar-refractivity contribution in [1.82, 2.24) is 0 Å². The highest BCUT2D eigenvalue weighted by Crippen LogP contribution is 2.18. The van der Waals surface area contributed by atoms with Crippen LogP contribution in [0.1, 0.15) is 0 Å². The normalized spacial score (nSPS) is 13.9. The van der Waals surface area contributed by atoms with E-state index in [0.29, 0.717) is 0 Å². The molecule has 0 aromatic carbocycles. The summed E-state index contributed by atoms with van der Waals surface area (Å²) in [6, 6.07) is 0. The van der Waals surface area contributed by atoms with E-state index in [1.165, 1.54) is 27.7 Å². The van der Waals surface area contributed by atoms with Gasteiger partial charge < -0.3 is 14.2 Å². The number of ether oxygens (including phenoxy) is 3. The molecule has 0 aliphatic heterocycles. The lowest BCUT2D eigenvalue weighted by molar-refractivity contribution is -0.0916. The van der Waals surface area contributed by atoms with Gasteiger partial charge in [0, 0.05) is 30.6 Å². The first-order chi connectivity index (χ1) is 6.64. The van der Waals surface area contributed by atoms with Gasteiger partial charge in [0.2, 0.25) is 0 Å². The lowest BCUT2D eigenvalue weighted by atomic mass is 10.6. The third kappa shape index (κ3) is 3.78. The monoisotopic (exact) mass is 236 g/mol. The van der Waals surface area contributed by atoms with Gasteiger partial charge >= 0.3 is 0 Å². The first kappa shape index (κ1) is 13.6. The Morgan fingerprint density at radius 2 is 2.00 bits per heavy atom. The molecule has 0 bridgehead atoms. The molecule has 0 fully saturated rings. The van der Waals surface area contributed by atoms with Gasteiger partial charge in [-0.05, 0) is 0 Å². The molecule has 0 saturated heterocycles. The predicted molar refractivity (Wildman–Crippen MR) is 63.5 cm³/mol. The average Bonchev–Trinajstić information content (AvgIpc) is 2.23. The van der Waals surface area contributed by atoms with Crippen molar-refractivity contribution in [3.63, 3.8) is 0 Å². The van der Waals surface area contributed by atoms with Crippen LogP contribution in [0.15, 0.2) is 9.98 Å². The molecule has 14 heavy (non-hydrogen) atoms. The topological polar surface area (TPSA) is 52.4 Å². The molecule has 0 saturated carbocycles. The standard InChI is InChI=1S/C7H16N2O3SSi/c1-10-6(9-4-8-5-14)7(13,11-2)12-3/h4,13H,5H2,1-3,14H3/b8-4+,9-6+. The molecule has 0 aromatic heterocycles. The molecule has 0 amide bonds. The number of hydrogen-bond acceptors (Lipinski definition) is 5. The third-order valence-electron chi connectivity index (χ3n) is 1.46. The minimum Gasteiger partial charge on any atom is -0.479 e. The van der Waals surface area contributed by atoms with Gasteiger partial charge in [-0.3, -0.25) is 4.99 Å². The maximum Gasteiger partial charge on any atom is 0.294 e. The highest BCUT2D eigenvalue weighted by molar-refractivity contribution is 7.82. The second-order valence-electron chi connectivity index (χ2n) is 2.24. The van der Waals surface area contributed by atoms with Crippen molar-refractivity contribution in [3.05, 3.63) is 0 Å². The molecule has 82 valence electrons. The van der Waals surface area contributed by atoms with E-state index in [1.807, 2.05) is 0 Å². The molecule has 0 rings (SSSR count). The molecular weight excluding hydrogens is 220 g/mol. The molecule has 0 spiro atoms. The van der Waals surface area contributed by atoms with Crippen LogP contribution < -0.4 is 0 Å². The van der Waals surface area contributed by atoms with Gasteiger partial charge in [0.05, 0.1) is 7.11 Å². The van der Waals surface area contributed by atoms with Gasteiger partial charge in [0.15, 0.2) is 0 Å². The van der Waals surface area contributed by atoms with E-state index in [-0.39, 0.29) is 5.90 Å². The summed E-state index contributed by atoms with van der Waals surface area (Å²) in [6.45, 7) is 0. The zero-order chi connectivity index (χ0) is 11.0. The SMILES string of the molecule is CO/C(=N/C=N/C[SiH3])C(S)(OC)OC. The van der Waals surface area contributed by atoms with E-state index in [1.54, 1.807) is 0 Å². The Hall–Kier alpha value is -0.373. The fourth-order valence-corrected chi connectivity index (χ4v) is 1.01. The number of hydrogen-bond donors (Lipinski definition) is 1. The second-order valence-corrected chi connectivity index (χ2v) is 3.46. The maximum absolute atomic E-state index is 5.00. The molecule has 0 N–H and O–H groups in total. The Morgan fingerprint density at radius 3 is 2.36 bits per heavy atom. The van der Waals surface area contributed by atoms with Crippen molar-refractivity contribution >= 4 is 35.1 Å². The van der Waals surface area contributed by atoms with Crippen LogP contribution >= 0.6 is 12.6 Å². The molecule has 0 radical (unpaired) electrons. The van der Waals surface area contributed by atoms with Crippen molar-refractivity contribution in [2.24, 2.45) is 9.98 Å². The number of methoxy groups -OCH3 is 3. The van der Waals surface area contributed by atoms with Gasteiger partial charge in [-0.2, -0.15) is 0 Å². The van der Waals surface area contributed by atoms with E-state index >= 15 is 0 Å². The van der Waals surface area contributed by atoms with Crippen LogP contribution in [0, 0.1) is 0 Å². The predicted octanol–water partition coefficient (Wildman–Crippen LogP) is -0.741. The minimum atomic E-state index is -1.26. The Morgan fingerprint density at radius 1 is 1.43 bits per heavy atom. The van der Waals surface area contributed by atoms with Crippen LogP contribution in [0.5, 0.6) is 0 Å². The highest BCUT2D eigenvalue weighted by Gasteiger charge is 2.33. The summed E-state index contributed by atoms with van der Waals surface area (Å²) in [5.41, 5.74) is 0. The third-order valence-corrected chi connectivity index (χ3v) is 2.38. The summed E-state index contributed by atoms with van der Waals surface area (Å²) >= 11 is 4.14. The summed E-state index contributed by atoms with van der Waals surface area (Å²) in [5.74, 6) is 0.213. The average molecular weight is 236 g/mol. The summed E-state index contributed by atoms with van der Waals surface area (Å²) in [4.78, 5) is 7.91. The van der Waals surface area contributed by atoms with Crippen molar-refractivity contribution in [2.45, 2.75) is 5.12 Å². The van der Waals surface area contributed by atoms with E-state index < -0.39 is 5.12 Å². The van der Waals surface area contributed by atoms with E-state index in [0.717, 1.165) is 16.4 Å². The van der Waals surface area contributed by atoms with Crippen molar-refractivity contribution < 1.29 is 14.2 Å². The van der Waals surface area contributed by atoms with Gasteiger partial charge in [0.25, 0.3) is 11.0 Å². The van der Waals surface area contributed by atoms with Gasteiger partial charge in [0.1, 0.15) is 6.34 Å². The molecule has 0 heterocycles. The Labute approximate surface area is 92.4 Å². The van der Waals surface area contributed by atoms with E-state index in [9.17, 15) is 0 Å². The summed E-state index contributed by atoms with van der Waals surface area (Å²) < 4.78 is 15.0. The van der Waals surface area contributed by atoms with Crippen LogP contribution in [0.4, 0.5) is 0 Å². The summed E-state index contributed by atoms with van der Waals surface area (Å²) in [5, 5.41) is -1.26. The molecule has 5 nitrogen and oxygen atoms in total. The first-order valence-electron chi connectivity index (χ1n) is 4.07. The molecule has 0 atom stereocenters. The van der Waals surface area contributed by atoms with Gasteiger partial charge in [-0.1, -0.05) is 0 Å². The molecule has 0 aliphatic carbocycles. The van der Waals surface area contributed by atoms with Crippen molar-refractivity contribution in [2.75, 3.05) is 27.5 Å². The van der Waals surface area contributed by atoms with E-state index in [2.05, 4.69) is 22.6 Å². The zero-order valence-electron chi connectivity index (χ0n) is 8.85. The first-order valence-corrected chi connectivity index (χ1v) is 5.94. The van der Waals surface area contributed by atoms with Crippen LogP contribution in [-0.2, 0) is 14.2 Å². The Balaban J connectivity index is 4.67. The minimum absolute atomic E-state index is 0.213. The second kappa shape index (κ2) is 6.99. The smallest absolute Gasteiger partial charge is 0.294 e. The summed E-state index contributed by atoms with van der Waals surface area (Å²) in [6.07, 6.45) is 2.20. The largest absolute Gasteiger partial charge is 0.479 e. The fourth-order valence-electron chi connectivity index (χ4n) is 0.696. The molecular formula is C7H16N2O3SSi. The number of rotatable bonds is 5. The van der Waals surface area contributed by atoms with Crippen LogP contribution in [0.2, 0.25) is 0 Å². The lowest BCUT2D eigenvalue weighted by Crippen LogP contribution is -2.38. The molecule has 7 heteroatoms. The molecule has 0 unspecified atom stereocenters. The van der Waals surface area contributed by atoms with Gasteiger partial charge in [-0.25, -0.2) is 4.99 Å². The van der Waals surface area contributed by atoms with Crippen LogP contribution in [0.3, 0.4) is 0 Å². The number of thiol groups is 1. The fraction of sp³-hybridized carbons (Fsp3) is 0.714. The lowest BCUT2D eigenvalue weighted by Gasteiger charge is -2.24. The van der Waals surface area contributed by atoms with Crippen LogP contribution in [-0.4, -0.2) is 55.1 Å². The Bertz CT molecular complexity index is 219. The van der Waals surface area contributed by atoms with Crippen molar-refractivity contribution in [3.8, 4) is 0 Å². The highest BCUT2D eigenvalue weighted by atomic mass is 32.1. The molecule has 0 aromatic rings. The van der Waals surface area contributed by atoms with Crippen LogP contribution in [0.25, 0.3) is 0 Å². The maximum atomic E-state index is 5.00. The summed E-state index contributed by atoms with van der Waals surface area (Å²) in [7, 11) is 5.38. The van der Waals surface area contributed by atoms with E-state index in [4.69, 9.17) is 14.2 Å². The number of nitrogens with zero attached hydrogens (tertiary/aromatic N) is 2. The number of aliphatic imine (C=N–C) groups is 2. The van der Waals surface area contributed by atoms with Gasteiger partial charge in [-0.15, -0.1) is 12.6 Å². The molecule has 0 aliphatic rings.